The molecule has 3 N–H and O–H groups in total. The molecule has 1 saturated heterocycles. The second-order valence-electron chi connectivity index (χ2n) is 15.7. The summed E-state index contributed by atoms with van der Waals surface area (Å²) in [7, 11) is 0. The number of aliphatic carboxylic acids is 1. The Labute approximate surface area is 278 Å². The highest BCUT2D eigenvalue weighted by Crippen LogP contribution is 2.50. The normalized spacial score (nSPS) is 27.0. The first-order valence-corrected chi connectivity index (χ1v) is 17.3. The van der Waals surface area contributed by atoms with E-state index in [1.807, 2.05) is 49.9 Å². The first-order valence-electron chi connectivity index (χ1n) is 17.3. The van der Waals surface area contributed by atoms with E-state index in [1.54, 1.807) is 0 Å². The minimum absolute atomic E-state index is 0.0104. The zero-order chi connectivity index (χ0) is 34.1. The quantitative estimate of drug-likeness (QED) is 0.358. The molecule has 1 aromatic carbocycles. The molecule has 0 radical (unpaired) electrons. The number of nitrogens with one attached hydrogen (secondary N) is 2. The number of piperidine rings is 1. The van der Waals surface area contributed by atoms with Crippen LogP contribution in [0.25, 0.3) is 0 Å². The summed E-state index contributed by atoms with van der Waals surface area (Å²) in [6.45, 7) is 10.4. The van der Waals surface area contributed by atoms with Crippen molar-refractivity contribution in [1.29, 1.82) is 0 Å². The average molecular weight is 653 g/mol. The highest BCUT2D eigenvalue weighted by molar-refractivity contribution is 5.92. The van der Waals surface area contributed by atoms with Crippen molar-refractivity contribution >= 4 is 29.8 Å². The second kappa shape index (κ2) is 13.8. The molecule has 2 bridgehead atoms. The third-order valence-corrected chi connectivity index (χ3v) is 10.7. The number of hydrogen-bond donors (Lipinski definition) is 3. The fourth-order valence-electron chi connectivity index (χ4n) is 8.09. The van der Waals surface area contributed by atoms with Crippen LogP contribution in [-0.4, -0.2) is 80.5 Å². The van der Waals surface area contributed by atoms with Crippen LogP contribution in [0.2, 0.25) is 0 Å². The molecule has 4 amide bonds. The van der Waals surface area contributed by atoms with E-state index in [9.17, 15) is 29.1 Å². The van der Waals surface area contributed by atoms with Crippen LogP contribution in [0.4, 0.5) is 4.79 Å². The molecule has 0 aromatic heterocycles. The molecular formula is C36H52N4O7. The van der Waals surface area contributed by atoms with E-state index in [0.717, 1.165) is 43.2 Å². The van der Waals surface area contributed by atoms with Crippen LogP contribution < -0.4 is 10.6 Å². The van der Waals surface area contributed by atoms with Crippen molar-refractivity contribution in [3.05, 3.63) is 35.4 Å². The van der Waals surface area contributed by atoms with Crippen molar-refractivity contribution in [3.63, 3.8) is 0 Å². The lowest BCUT2D eigenvalue weighted by molar-refractivity contribution is -0.147. The van der Waals surface area contributed by atoms with E-state index in [-0.39, 0.29) is 61.5 Å². The molecule has 2 heterocycles. The molecule has 2 aliphatic heterocycles. The number of hydrogen-bond acceptors (Lipinski definition) is 6. The van der Waals surface area contributed by atoms with E-state index < -0.39 is 35.7 Å². The maximum absolute atomic E-state index is 13.9. The van der Waals surface area contributed by atoms with E-state index in [1.165, 1.54) is 4.90 Å². The molecule has 11 nitrogen and oxygen atoms in total. The van der Waals surface area contributed by atoms with E-state index in [0.29, 0.717) is 24.8 Å². The molecule has 47 heavy (non-hydrogen) atoms. The van der Waals surface area contributed by atoms with Crippen molar-refractivity contribution in [2.45, 2.75) is 135 Å². The van der Waals surface area contributed by atoms with Gasteiger partial charge in [-0.3, -0.25) is 14.4 Å². The van der Waals surface area contributed by atoms with Gasteiger partial charge in [0.1, 0.15) is 17.7 Å². The molecule has 11 heteroatoms. The lowest BCUT2D eigenvalue weighted by atomic mass is 9.56. The summed E-state index contributed by atoms with van der Waals surface area (Å²) in [5.74, 6) is -1.28. The Balaban J connectivity index is 1.24. The maximum atomic E-state index is 13.9. The summed E-state index contributed by atoms with van der Waals surface area (Å²) >= 11 is 0. The molecule has 258 valence electrons. The van der Waals surface area contributed by atoms with Gasteiger partial charge in [0.15, 0.2) is 0 Å². The predicted molar refractivity (Wildman–Crippen MR) is 175 cm³/mol. The van der Waals surface area contributed by atoms with Crippen LogP contribution in [0.3, 0.4) is 0 Å². The number of benzene rings is 1. The molecule has 6 rings (SSSR count). The van der Waals surface area contributed by atoms with Gasteiger partial charge in [0, 0.05) is 43.9 Å². The lowest BCUT2D eigenvalue weighted by Crippen LogP contribution is -2.57. The number of carbonyl (C=O) groups is 5. The molecule has 2 unspecified atom stereocenters. The fourth-order valence-corrected chi connectivity index (χ4v) is 8.09. The van der Waals surface area contributed by atoms with Crippen LogP contribution in [0.5, 0.6) is 0 Å². The van der Waals surface area contributed by atoms with Crippen LogP contribution >= 0.6 is 0 Å². The van der Waals surface area contributed by atoms with Gasteiger partial charge in [0.25, 0.3) is 0 Å². The van der Waals surface area contributed by atoms with Crippen molar-refractivity contribution < 1.29 is 33.8 Å². The summed E-state index contributed by atoms with van der Waals surface area (Å²) < 4.78 is 5.45. The summed E-state index contributed by atoms with van der Waals surface area (Å²) in [5.41, 5.74) is 1.02. The first kappa shape index (κ1) is 34.7. The molecular weight excluding hydrogens is 600 g/mol. The Morgan fingerprint density at radius 1 is 0.979 bits per heavy atom. The lowest BCUT2D eigenvalue weighted by Gasteiger charge is -2.52. The molecule has 1 aromatic rings. The highest BCUT2D eigenvalue weighted by atomic mass is 16.6. The summed E-state index contributed by atoms with van der Waals surface area (Å²) in [6.07, 6.45) is 5.45. The third kappa shape index (κ3) is 8.27. The first-order chi connectivity index (χ1) is 22.1. The van der Waals surface area contributed by atoms with Gasteiger partial charge >= 0.3 is 12.1 Å². The number of carboxylic acids is 1. The maximum Gasteiger partial charge on any atom is 0.407 e. The van der Waals surface area contributed by atoms with Gasteiger partial charge in [-0.25, -0.2) is 9.59 Å². The number of rotatable bonds is 9. The Morgan fingerprint density at radius 2 is 1.66 bits per heavy atom. The molecule has 4 atom stereocenters. The highest BCUT2D eigenvalue weighted by Gasteiger charge is 2.48. The second-order valence-corrected chi connectivity index (χ2v) is 15.7. The van der Waals surface area contributed by atoms with Gasteiger partial charge in [-0.05, 0) is 108 Å². The van der Waals surface area contributed by atoms with Crippen molar-refractivity contribution in [2.75, 3.05) is 6.54 Å². The van der Waals surface area contributed by atoms with Crippen LogP contribution in [0, 0.1) is 17.8 Å². The number of fused-ring (bicyclic) bond motifs is 3. The Bertz CT molecular complexity index is 1370. The van der Waals surface area contributed by atoms with Gasteiger partial charge in [0.05, 0.1) is 0 Å². The van der Waals surface area contributed by atoms with Gasteiger partial charge in [-0.1, -0.05) is 24.3 Å². The molecule has 4 fully saturated rings. The number of nitrogens with zero attached hydrogens (tertiary/aromatic N) is 2. The third-order valence-electron chi connectivity index (χ3n) is 10.7. The van der Waals surface area contributed by atoms with E-state index in [4.69, 9.17) is 4.74 Å². The summed E-state index contributed by atoms with van der Waals surface area (Å²) in [4.78, 5) is 69.1. The summed E-state index contributed by atoms with van der Waals surface area (Å²) in [6, 6.07) is 5.52. The molecule has 3 saturated carbocycles. The van der Waals surface area contributed by atoms with Gasteiger partial charge < -0.3 is 30.3 Å². The predicted octanol–water partition coefficient (Wildman–Crippen LogP) is 4.41. The van der Waals surface area contributed by atoms with Gasteiger partial charge in [-0.2, -0.15) is 0 Å². The smallest absolute Gasteiger partial charge is 0.407 e. The summed E-state index contributed by atoms with van der Waals surface area (Å²) in [5, 5.41) is 16.0. The minimum Gasteiger partial charge on any atom is -0.480 e. The number of amides is 4. The number of carboxylic acid groups (broad SMARTS) is 1. The fraction of sp³-hybridized carbons (Fsp3) is 0.694. The number of carbonyl (C=O) groups excluding carboxylic acids is 4. The van der Waals surface area contributed by atoms with E-state index >= 15 is 0 Å². The molecule has 5 aliphatic rings. The molecule has 0 spiro atoms. The SMILES string of the molecule is CC(C)(C)OC(=O)N[C@H]1CC(CC(NC(=O)[C@@H]2Cc3ccccc3CN2C(=O)CCC(=O)N2CCCCC2(C)C)C(=O)O)C2CC1C2. The van der Waals surface area contributed by atoms with Crippen LogP contribution in [0.1, 0.15) is 104 Å². The van der Waals surface area contributed by atoms with Crippen molar-refractivity contribution in [1.82, 2.24) is 20.4 Å². The van der Waals surface area contributed by atoms with Crippen LogP contribution in [-0.2, 0) is 36.9 Å². The Kier molecular flexibility index (Phi) is 10.2. The van der Waals surface area contributed by atoms with Gasteiger partial charge in [0.2, 0.25) is 17.7 Å². The number of ether oxygens (including phenoxy) is 1. The Morgan fingerprint density at radius 3 is 2.32 bits per heavy atom. The van der Waals surface area contributed by atoms with Crippen LogP contribution in [0.15, 0.2) is 24.3 Å². The minimum atomic E-state index is -1.14. The zero-order valence-corrected chi connectivity index (χ0v) is 28.5. The number of alkyl carbamates (subject to hydrolysis) is 1. The zero-order valence-electron chi connectivity index (χ0n) is 28.5. The molecule has 3 aliphatic carbocycles. The van der Waals surface area contributed by atoms with E-state index in [2.05, 4.69) is 24.5 Å². The standard InChI is InChI=1S/C36H52N4O7/c1-35(2,3)47-34(46)38-27-18-25(24-16-26(27)17-24)19-28(33(44)45)37-32(43)29-20-22-10-6-7-11-23(22)21-39(29)30(41)12-13-31(42)40-15-9-8-14-36(40,4)5/h6-7,10-11,24-29H,8-9,12-21H2,1-5H3,(H,37,43)(H,38,46)(H,44,45)/t24?,25?,26?,27-,28?,29-/m0/s1. The monoisotopic (exact) mass is 652 g/mol. The number of likely N-dealkylation sites (tertiary alicyclic amines) is 1. The topological polar surface area (TPSA) is 145 Å². The van der Waals surface area contributed by atoms with Crippen molar-refractivity contribution in [3.8, 4) is 0 Å². The Hall–Kier alpha value is -3.63. The average Bonchev–Trinajstić information content (AvgIpc) is 2.96. The van der Waals surface area contributed by atoms with Gasteiger partial charge in [-0.15, -0.1) is 0 Å². The van der Waals surface area contributed by atoms with Crippen molar-refractivity contribution in [2.24, 2.45) is 17.8 Å². The largest absolute Gasteiger partial charge is 0.480 e.